The fourth-order valence-corrected chi connectivity index (χ4v) is 1.24. The van der Waals surface area contributed by atoms with Crippen molar-refractivity contribution in [2.45, 2.75) is 20.0 Å². The third kappa shape index (κ3) is 4.53. The van der Waals surface area contributed by atoms with Crippen molar-refractivity contribution in [2.75, 3.05) is 13.1 Å². The van der Waals surface area contributed by atoms with Crippen molar-refractivity contribution in [2.24, 2.45) is 0 Å². The number of terminal acetylenes is 1. The molecule has 15 heavy (non-hydrogen) atoms. The van der Waals surface area contributed by atoms with Crippen LogP contribution in [0.1, 0.15) is 12.5 Å². The predicted octanol–water partition coefficient (Wildman–Crippen LogP) is 1.99. The number of ether oxygens (including phenoxy) is 1. The molecule has 0 aliphatic heterocycles. The molecule has 1 aromatic rings. The Morgan fingerprint density at radius 1 is 1.40 bits per heavy atom. The number of nitrogens with one attached hydrogen (secondary N) is 1. The fourth-order valence-electron chi connectivity index (χ4n) is 1.24. The molecule has 0 amide bonds. The zero-order valence-electron chi connectivity index (χ0n) is 9.29. The van der Waals surface area contributed by atoms with Crippen molar-refractivity contribution in [3.63, 3.8) is 0 Å². The molecular formula is C13H17NO. The van der Waals surface area contributed by atoms with E-state index in [1.807, 2.05) is 31.2 Å². The second-order valence-electron chi connectivity index (χ2n) is 3.58. The van der Waals surface area contributed by atoms with Crippen LogP contribution in [-0.2, 0) is 0 Å². The largest absolute Gasteiger partial charge is 0.489 e. The summed E-state index contributed by atoms with van der Waals surface area (Å²) in [6.07, 6.45) is 5.26. The van der Waals surface area contributed by atoms with Crippen molar-refractivity contribution in [1.82, 2.24) is 5.32 Å². The van der Waals surface area contributed by atoms with E-state index >= 15 is 0 Å². The first-order valence-corrected chi connectivity index (χ1v) is 5.10. The van der Waals surface area contributed by atoms with Gasteiger partial charge < -0.3 is 10.1 Å². The molecular weight excluding hydrogens is 186 g/mol. The van der Waals surface area contributed by atoms with E-state index in [1.165, 1.54) is 5.56 Å². The van der Waals surface area contributed by atoms with Crippen molar-refractivity contribution in [3.8, 4) is 18.1 Å². The molecule has 1 N–H and O–H groups in total. The highest BCUT2D eigenvalue weighted by atomic mass is 16.5. The van der Waals surface area contributed by atoms with Crippen LogP contribution in [0.4, 0.5) is 0 Å². The first-order chi connectivity index (χ1) is 7.22. The highest BCUT2D eigenvalue weighted by molar-refractivity contribution is 5.26. The van der Waals surface area contributed by atoms with Crippen LogP contribution < -0.4 is 10.1 Å². The van der Waals surface area contributed by atoms with Crippen LogP contribution in [0.2, 0.25) is 0 Å². The Morgan fingerprint density at radius 2 is 2.07 bits per heavy atom. The summed E-state index contributed by atoms with van der Waals surface area (Å²) in [7, 11) is 0. The molecule has 0 heterocycles. The Morgan fingerprint density at radius 3 is 2.67 bits per heavy atom. The fraction of sp³-hybridized carbons (Fsp3) is 0.385. The first kappa shape index (κ1) is 11.6. The summed E-state index contributed by atoms with van der Waals surface area (Å²) in [6.45, 7) is 5.42. The summed E-state index contributed by atoms with van der Waals surface area (Å²) in [5.74, 6) is 3.43. The number of hydrogen-bond acceptors (Lipinski definition) is 2. The van der Waals surface area contributed by atoms with Gasteiger partial charge in [-0.05, 0) is 26.0 Å². The van der Waals surface area contributed by atoms with Gasteiger partial charge in [0, 0.05) is 6.54 Å². The molecule has 0 saturated carbocycles. The molecule has 1 rings (SSSR count). The molecule has 1 aromatic carbocycles. The standard InChI is InChI=1S/C13H17NO/c1-4-9-14-10-12(3)15-13-7-5-11(2)6-8-13/h1,5-8,12,14H,9-10H2,2-3H3. The molecule has 2 heteroatoms. The van der Waals surface area contributed by atoms with E-state index in [2.05, 4.69) is 18.2 Å². The van der Waals surface area contributed by atoms with Crippen molar-refractivity contribution < 1.29 is 4.74 Å². The normalized spacial score (nSPS) is 11.8. The summed E-state index contributed by atoms with van der Waals surface area (Å²) >= 11 is 0. The van der Waals surface area contributed by atoms with Crippen LogP contribution in [-0.4, -0.2) is 19.2 Å². The Labute approximate surface area is 91.6 Å². The topological polar surface area (TPSA) is 21.3 Å². The summed E-state index contributed by atoms with van der Waals surface area (Å²) in [4.78, 5) is 0. The molecule has 80 valence electrons. The van der Waals surface area contributed by atoms with Crippen LogP contribution in [0.3, 0.4) is 0 Å². The van der Waals surface area contributed by atoms with E-state index < -0.39 is 0 Å². The van der Waals surface area contributed by atoms with E-state index in [0.29, 0.717) is 6.54 Å². The van der Waals surface area contributed by atoms with Crippen molar-refractivity contribution in [1.29, 1.82) is 0 Å². The Kier molecular flexibility index (Phi) is 4.73. The highest BCUT2D eigenvalue weighted by Crippen LogP contribution is 2.12. The van der Waals surface area contributed by atoms with Crippen LogP contribution in [0.25, 0.3) is 0 Å². The number of aryl methyl sites for hydroxylation is 1. The van der Waals surface area contributed by atoms with Crippen LogP contribution in [0.5, 0.6) is 5.75 Å². The van der Waals surface area contributed by atoms with Gasteiger partial charge >= 0.3 is 0 Å². The van der Waals surface area contributed by atoms with Crippen LogP contribution >= 0.6 is 0 Å². The lowest BCUT2D eigenvalue weighted by atomic mass is 10.2. The van der Waals surface area contributed by atoms with Crippen LogP contribution in [0.15, 0.2) is 24.3 Å². The second-order valence-corrected chi connectivity index (χ2v) is 3.58. The summed E-state index contributed by atoms with van der Waals surface area (Å²) in [5.41, 5.74) is 1.24. The molecule has 0 aliphatic carbocycles. The summed E-state index contributed by atoms with van der Waals surface area (Å²) in [5, 5.41) is 3.11. The summed E-state index contributed by atoms with van der Waals surface area (Å²) < 4.78 is 5.68. The molecule has 2 nitrogen and oxygen atoms in total. The average Bonchev–Trinajstić information content (AvgIpc) is 2.22. The van der Waals surface area contributed by atoms with E-state index in [9.17, 15) is 0 Å². The maximum Gasteiger partial charge on any atom is 0.119 e. The van der Waals surface area contributed by atoms with Gasteiger partial charge in [0.05, 0.1) is 6.54 Å². The van der Waals surface area contributed by atoms with Gasteiger partial charge in [0.25, 0.3) is 0 Å². The average molecular weight is 203 g/mol. The molecule has 0 fully saturated rings. The quantitative estimate of drug-likeness (QED) is 0.583. The minimum Gasteiger partial charge on any atom is -0.489 e. The second kappa shape index (κ2) is 6.10. The highest BCUT2D eigenvalue weighted by Gasteiger charge is 2.02. The van der Waals surface area contributed by atoms with Gasteiger partial charge in [0.2, 0.25) is 0 Å². The first-order valence-electron chi connectivity index (χ1n) is 5.10. The maximum atomic E-state index is 5.68. The van der Waals surface area contributed by atoms with Crippen molar-refractivity contribution >= 4 is 0 Å². The van der Waals surface area contributed by atoms with E-state index in [0.717, 1.165) is 12.3 Å². The maximum absolute atomic E-state index is 5.68. The van der Waals surface area contributed by atoms with E-state index in [4.69, 9.17) is 11.2 Å². The van der Waals surface area contributed by atoms with Gasteiger partial charge in [0.1, 0.15) is 11.9 Å². The third-order valence-corrected chi connectivity index (χ3v) is 2.02. The number of rotatable bonds is 5. The Hall–Kier alpha value is -1.46. The number of benzene rings is 1. The van der Waals surface area contributed by atoms with Crippen molar-refractivity contribution in [3.05, 3.63) is 29.8 Å². The Balaban J connectivity index is 2.34. The molecule has 0 spiro atoms. The minimum absolute atomic E-state index is 0.126. The molecule has 0 radical (unpaired) electrons. The number of hydrogen-bond donors (Lipinski definition) is 1. The van der Waals surface area contributed by atoms with E-state index in [-0.39, 0.29) is 6.10 Å². The van der Waals surface area contributed by atoms with E-state index in [1.54, 1.807) is 0 Å². The molecule has 0 aromatic heterocycles. The van der Waals surface area contributed by atoms with Gasteiger partial charge in [-0.15, -0.1) is 6.42 Å². The minimum atomic E-state index is 0.126. The smallest absolute Gasteiger partial charge is 0.119 e. The van der Waals surface area contributed by atoms with Gasteiger partial charge in [-0.2, -0.15) is 0 Å². The van der Waals surface area contributed by atoms with Crippen LogP contribution in [0, 0.1) is 19.3 Å². The Bertz CT molecular complexity index is 323. The lowest BCUT2D eigenvalue weighted by Gasteiger charge is -2.14. The molecule has 1 unspecified atom stereocenters. The third-order valence-electron chi connectivity index (χ3n) is 2.02. The zero-order chi connectivity index (χ0) is 11.1. The monoisotopic (exact) mass is 203 g/mol. The molecule has 0 saturated heterocycles. The van der Waals surface area contributed by atoms with Gasteiger partial charge in [-0.25, -0.2) is 0 Å². The zero-order valence-corrected chi connectivity index (χ0v) is 9.29. The van der Waals surface area contributed by atoms with Gasteiger partial charge in [-0.3, -0.25) is 0 Å². The lowest BCUT2D eigenvalue weighted by molar-refractivity contribution is 0.219. The molecule has 0 bridgehead atoms. The predicted molar refractivity (Wildman–Crippen MR) is 63.0 cm³/mol. The van der Waals surface area contributed by atoms with Gasteiger partial charge in [-0.1, -0.05) is 23.6 Å². The molecule has 0 aliphatic rings. The lowest BCUT2D eigenvalue weighted by Crippen LogP contribution is -2.29. The molecule has 1 atom stereocenters. The summed E-state index contributed by atoms with van der Waals surface area (Å²) in [6, 6.07) is 8.04. The van der Waals surface area contributed by atoms with Gasteiger partial charge in [0.15, 0.2) is 0 Å². The SMILES string of the molecule is C#CCNCC(C)Oc1ccc(C)cc1.